The van der Waals surface area contributed by atoms with E-state index in [1.807, 2.05) is 11.1 Å². The molecule has 1 aromatic carbocycles. The summed E-state index contributed by atoms with van der Waals surface area (Å²) in [6.45, 7) is 10.3. The van der Waals surface area contributed by atoms with Crippen molar-refractivity contribution in [1.82, 2.24) is 15.3 Å². The average Bonchev–Trinajstić information content (AvgIpc) is 2.47. The lowest BCUT2D eigenvalue weighted by Gasteiger charge is -2.31. The quantitative estimate of drug-likeness (QED) is 0.870. The third kappa shape index (κ3) is 4.97. The van der Waals surface area contributed by atoms with Crippen molar-refractivity contribution >= 4 is 12.0 Å². The molecule has 0 atom stereocenters. The van der Waals surface area contributed by atoms with Crippen molar-refractivity contribution in [3.05, 3.63) is 41.5 Å². The standard InChI is InChI=1S/C18H27N3O/c1-18(2,3)16-8-5-15(6-9-16)7-10-17(22)19-21-13-11-20(4)12-14-21/h5-10H,11-14H2,1-4H3,(H,19,22). The largest absolute Gasteiger partial charge is 0.304 e. The van der Waals surface area contributed by atoms with Crippen LogP contribution in [0, 0.1) is 0 Å². The van der Waals surface area contributed by atoms with E-state index in [0.29, 0.717) is 0 Å². The highest BCUT2D eigenvalue weighted by atomic mass is 16.2. The van der Waals surface area contributed by atoms with Crippen LogP contribution in [0.25, 0.3) is 6.08 Å². The third-order valence-electron chi connectivity index (χ3n) is 3.98. The molecule has 120 valence electrons. The van der Waals surface area contributed by atoms with Crippen LogP contribution >= 0.6 is 0 Å². The van der Waals surface area contributed by atoms with Crippen LogP contribution in [0.1, 0.15) is 31.9 Å². The molecule has 1 heterocycles. The molecular formula is C18H27N3O. The molecule has 4 nitrogen and oxygen atoms in total. The Hall–Kier alpha value is -1.65. The van der Waals surface area contributed by atoms with Gasteiger partial charge in [0.15, 0.2) is 0 Å². The summed E-state index contributed by atoms with van der Waals surface area (Å²) in [7, 11) is 2.10. The first kappa shape index (κ1) is 16.7. The van der Waals surface area contributed by atoms with Gasteiger partial charge >= 0.3 is 0 Å². The van der Waals surface area contributed by atoms with Gasteiger partial charge in [-0.1, -0.05) is 45.0 Å². The summed E-state index contributed by atoms with van der Waals surface area (Å²) in [5.74, 6) is -0.0653. The average molecular weight is 301 g/mol. The van der Waals surface area contributed by atoms with Crippen LogP contribution in [0.5, 0.6) is 0 Å². The van der Waals surface area contributed by atoms with Gasteiger partial charge in [-0.15, -0.1) is 0 Å². The number of hydrogen-bond acceptors (Lipinski definition) is 3. The smallest absolute Gasteiger partial charge is 0.258 e. The highest BCUT2D eigenvalue weighted by Crippen LogP contribution is 2.22. The molecule has 22 heavy (non-hydrogen) atoms. The van der Waals surface area contributed by atoms with Gasteiger partial charge in [0.2, 0.25) is 0 Å². The Balaban J connectivity index is 1.87. The minimum Gasteiger partial charge on any atom is -0.304 e. The van der Waals surface area contributed by atoms with Gasteiger partial charge in [0.05, 0.1) is 0 Å². The Bertz CT molecular complexity index is 520. The molecule has 1 amide bonds. The molecule has 2 rings (SSSR count). The molecule has 1 aliphatic rings. The lowest BCUT2D eigenvalue weighted by molar-refractivity contribution is -0.121. The van der Waals surface area contributed by atoms with E-state index >= 15 is 0 Å². The molecule has 0 aliphatic carbocycles. The van der Waals surface area contributed by atoms with Crippen molar-refractivity contribution < 1.29 is 4.79 Å². The Morgan fingerprint density at radius 2 is 1.68 bits per heavy atom. The topological polar surface area (TPSA) is 35.6 Å². The fraction of sp³-hybridized carbons (Fsp3) is 0.500. The second-order valence-electron chi connectivity index (χ2n) is 6.97. The Kier molecular flexibility index (Phi) is 5.37. The summed E-state index contributed by atoms with van der Waals surface area (Å²) in [5, 5.41) is 1.98. The van der Waals surface area contributed by atoms with Gasteiger partial charge < -0.3 is 4.90 Å². The van der Waals surface area contributed by atoms with E-state index in [2.05, 4.69) is 62.4 Å². The van der Waals surface area contributed by atoms with Crippen molar-refractivity contribution in [2.45, 2.75) is 26.2 Å². The molecule has 1 aliphatic heterocycles. The van der Waals surface area contributed by atoms with E-state index in [1.54, 1.807) is 6.08 Å². The predicted molar refractivity (Wildman–Crippen MR) is 91.4 cm³/mol. The van der Waals surface area contributed by atoms with Crippen molar-refractivity contribution in [1.29, 1.82) is 0 Å². The zero-order valence-corrected chi connectivity index (χ0v) is 14.1. The van der Waals surface area contributed by atoms with E-state index in [1.165, 1.54) is 5.56 Å². The van der Waals surface area contributed by atoms with Crippen LogP contribution < -0.4 is 5.43 Å². The predicted octanol–water partition coefficient (Wildman–Crippen LogP) is 2.28. The molecule has 1 fully saturated rings. The molecule has 0 spiro atoms. The summed E-state index contributed by atoms with van der Waals surface area (Å²) < 4.78 is 0. The number of benzene rings is 1. The second-order valence-corrected chi connectivity index (χ2v) is 6.97. The Morgan fingerprint density at radius 3 is 2.23 bits per heavy atom. The monoisotopic (exact) mass is 301 g/mol. The number of likely N-dealkylation sites (N-methyl/N-ethyl adjacent to an activating group) is 1. The van der Waals surface area contributed by atoms with Crippen molar-refractivity contribution in [2.24, 2.45) is 0 Å². The number of hydrogen-bond donors (Lipinski definition) is 1. The molecule has 1 aromatic rings. The number of rotatable bonds is 3. The molecule has 1 N–H and O–H groups in total. The van der Waals surface area contributed by atoms with Gasteiger partial charge in [0.25, 0.3) is 5.91 Å². The first-order valence-electron chi connectivity index (χ1n) is 7.87. The fourth-order valence-corrected chi connectivity index (χ4v) is 2.38. The molecule has 4 heteroatoms. The van der Waals surface area contributed by atoms with Crippen LogP contribution in [-0.2, 0) is 10.2 Å². The van der Waals surface area contributed by atoms with Crippen molar-refractivity contribution in [3.8, 4) is 0 Å². The molecule has 0 unspecified atom stereocenters. The fourth-order valence-electron chi connectivity index (χ4n) is 2.38. The molecule has 0 bridgehead atoms. The maximum atomic E-state index is 11.9. The second kappa shape index (κ2) is 7.07. The van der Waals surface area contributed by atoms with E-state index in [0.717, 1.165) is 31.7 Å². The third-order valence-corrected chi connectivity index (χ3v) is 3.98. The van der Waals surface area contributed by atoms with Gasteiger partial charge in [-0.05, 0) is 29.7 Å². The molecule has 1 saturated heterocycles. The summed E-state index contributed by atoms with van der Waals surface area (Å²) in [6, 6.07) is 8.36. The number of carbonyl (C=O) groups excluding carboxylic acids is 1. The number of amides is 1. The van der Waals surface area contributed by atoms with Gasteiger partial charge in [-0.25, -0.2) is 5.01 Å². The van der Waals surface area contributed by atoms with Gasteiger partial charge in [-0.3, -0.25) is 10.2 Å². The van der Waals surface area contributed by atoms with E-state index < -0.39 is 0 Å². The van der Waals surface area contributed by atoms with Gasteiger partial charge in [0, 0.05) is 32.3 Å². The minimum atomic E-state index is -0.0653. The van der Waals surface area contributed by atoms with Crippen LogP contribution in [0.2, 0.25) is 0 Å². The summed E-state index contributed by atoms with van der Waals surface area (Å²) in [4.78, 5) is 14.2. The van der Waals surface area contributed by atoms with E-state index in [9.17, 15) is 4.79 Å². The molecule has 0 aromatic heterocycles. The Labute approximate surface area is 133 Å². The maximum Gasteiger partial charge on any atom is 0.258 e. The minimum absolute atomic E-state index is 0.0653. The first-order valence-corrected chi connectivity index (χ1v) is 7.87. The van der Waals surface area contributed by atoms with E-state index in [-0.39, 0.29) is 11.3 Å². The normalized spacial score (nSPS) is 17.8. The lowest BCUT2D eigenvalue weighted by atomic mass is 9.87. The maximum absolute atomic E-state index is 11.9. The summed E-state index contributed by atoms with van der Waals surface area (Å²) in [6.07, 6.45) is 3.46. The summed E-state index contributed by atoms with van der Waals surface area (Å²) in [5.41, 5.74) is 5.42. The van der Waals surface area contributed by atoms with Crippen LogP contribution in [0.4, 0.5) is 0 Å². The molecule has 0 saturated carbocycles. The van der Waals surface area contributed by atoms with Crippen LogP contribution in [-0.4, -0.2) is 49.0 Å². The van der Waals surface area contributed by atoms with Gasteiger partial charge in [0.1, 0.15) is 0 Å². The van der Waals surface area contributed by atoms with Crippen LogP contribution in [0.3, 0.4) is 0 Å². The van der Waals surface area contributed by atoms with E-state index in [4.69, 9.17) is 0 Å². The number of carbonyl (C=O) groups is 1. The van der Waals surface area contributed by atoms with Gasteiger partial charge in [-0.2, -0.15) is 0 Å². The first-order chi connectivity index (χ1) is 10.3. The Morgan fingerprint density at radius 1 is 1.09 bits per heavy atom. The highest BCUT2D eigenvalue weighted by molar-refractivity contribution is 5.91. The lowest BCUT2D eigenvalue weighted by Crippen LogP contribution is -2.52. The zero-order valence-electron chi connectivity index (χ0n) is 14.1. The number of piperazine rings is 1. The van der Waals surface area contributed by atoms with Crippen molar-refractivity contribution in [2.75, 3.05) is 33.2 Å². The van der Waals surface area contributed by atoms with Crippen LogP contribution in [0.15, 0.2) is 30.3 Å². The number of nitrogens with zero attached hydrogens (tertiary/aromatic N) is 2. The zero-order chi connectivity index (χ0) is 16.2. The number of hydrazine groups is 1. The number of nitrogens with one attached hydrogen (secondary N) is 1. The van der Waals surface area contributed by atoms with Crippen molar-refractivity contribution in [3.63, 3.8) is 0 Å². The SMILES string of the molecule is CN1CCN(NC(=O)C=Cc2ccc(C(C)(C)C)cc2)CC1. The highest BCUT2D eigenvalue weighted by Gasteiger charge is 2.14. The molecular weight excluding hydrogens is 274 g/mol. The molecule has 0 radical (unpaired) electrons. The summed E-state index contributed by atoms with van der Waals surface area (Å²) >= 11 is 0.